The second kappa shape index (κ2) is 14.3. The first kappa shape index (κ1) is 30.8. The topological polar surface area (TPSA) is 89.5 Å². The molecule has 8 heteroatoms. The van der Waals surface area contributed by atoms with Crippen LogP contribution in [-0.4, -0.2) is 49.3 Å². The molecule has 0 aromatic heterocycles. The normalized spacial score (nSPS) is 19.8. The molecule has 4 aromatic rings. The summed E-state index contributed by atoms with van der Waals surface area (Å²) in [5.74, 6) is 1.41. The molecule has 45 heavy (non-hydrogen) atoms. The molecule has 6 rings (SSSR count). The van der Waals surface area contributed by atoms with Crippen molar-refractivity contribution in [2.75, 3.05) is 27.3 Å². The molecule has 8 nitrogen and oxygen atoms in total. The Balaban J connectivity index is 1.16. The number of rotatable bonds is 10. The van der Waals surface area contributed by atoms with Gasteiger partial charge in [0.25, 0.3) is 5.91 Å². The monoisotopic (exact) mass is 608 g/mol. The lowest BCUT2D eigenvalue weighted by molar-refractivity contribution is -0.253. The number of methoxy groups -OCH3 is 2. The molecular formula is C37H40N2O6. The molecule has 0 saturated carbocycles. The Morgan fingerprint density at radius 3 is 2.22 bits per heavy atom. The molecule has 2 aliphatic rings. The Morgan fingerprint density at radius 2 is 1.53 bits per heavy atom. The first-order valence-electron chi connectivity index (χ1n) is 15.4. The molecular weight excluding hydrogens is 568 g/mol. The zero-order chi connectivity index (χ0) is 31.2. The Labute approximate surface area is 264 Å². The van der Waals surface area contributed by atoms with Gasteiger partial charge < -0.3 is 29.4 Å². The van der Waals surface area contributed by atoms with Crippen LogP contribution in [0.4, 0.5) is 0 Å². The minimum absolute atomic E-state index is 0.00537. The van der Waals surface area contributed by atoms with Crippen LogP contribution in [0.2, 0.25) is 0 Å². The van der Waals surface area contributed by atoms with Crippen molar-refractivity contribution in [3.05, 3.63) is 130 Å². The Morgan fingerprint density at radius 1 is 0.867 bits per heavy atom. The van der Waals surface area contributed by atoms with Crippen molar-refractivity contribution in [1.29, 1.82) is 0 Å². The lowest BCUT2D eigenvalue weighted by Crippen LogP contribution is -2.41. The van der Waals surface area contributed by atoms with Crippen LogP contribution in [0, 0.1) is 0 Å². The van der Waals surface area contributed by atoms with E-state index >= 15 is 0 Å². The number of ether oxygens (including phenoxy) is 4. The summed E-state index contributed by atoms with van der Waals surface area (Å²) in [4.78, 5) is 14.9. The van der Waals surface area contributed by atoms with Crippen LogP contribution in [-0.2, 0) is 35.6 Å². The molecule has 0 spiro atoms. The molecule has 2 N–H and O–H groups in total. The third-order valence-corrected chi connectivity index (χ3v) is 8.61. The summed E-state index contributed by atoms with van der Waals surface area (Å²) >= 11 is 0. The molecule has 0 aliphatic carbocycles. The number of nitrogens with one attached hydrogen (secondary N) is 1. The zero-order valence-electron chi connectivity index (χ0n) is 25.8. The van der Waals surface area contributed by atoms with Gasteiger partial charge in [-0.25, -0.2) is 0 Å². The summed E-state index contributed by atoms with van der Waals surface area (Å²) in [6, 6.07) is 29.4. The molecule has 3 unspecified atom stereocenters. The molecule has 234 valence electrons. The van der Waals surface area contributed by atoms with Crippen molar-refractivity contribution in [3.63, 3.8) is 0 Å². The number of hydrogen-bond acceptors (Lipinski definition) is 7. The smallest absolute Gasteiger partial charge is 0.251 e. The van der Waals surface area contributed by atoms with Gasteiger partial charge in [-0.2, -0.15) is 0 Å². The summed E-state index contributed by atoms with van der Waals surface area (Å²) in [5, 5.41) is 12.5. The van der Waals surface area contributed by atoms with Crippen molar-refractivity contribution < 1.29 is 28.8 Å². The Kier molecular flexibility index (Phi) is 9.76. The first-order chi connectivity index (χ1) is 22.0. The third-order valence-electron chi connectivity index (χ3n) is 8.61. The number of hydrogen-bond donors (Lipinski definition) is 2. The zero-order valence-corrected chi connectivity index (χ0v) is 25.8. The lowest BCUT2D eigenvalue weighted by Gasteiger charge is -2.39. The highest BCUT2D eigenvalue weighted by Gasteiger charge is 2.34. The maximum Gasteiger partial charge on any atom is 0.251 e. The van der Waals surface area contributed by atoms with E-state index in [-0.39, 0.29) is 24.7 Å². The fourth-order valence-electron chi connectivity index (χ4n) is 6.08. The second-order valence-corrected chi connectivity index (χ2v) is 11.6. The summed E-state index contributed by atoms with van der Waals surface area (Å²) < 4.78 is 24.3. The van der Waals surface area contributed by atoms with Crippen LogP contribution in [0.5, 0.6) is 11.5 Å². The molecule has 4 aromatic carbocycles. The van der Waals surface area contributed by atoms with Gasteiger partial charge in [0.05, 0.1) is 33.0 Å². The van der Waals surface area contributed by atoms with Crippen LogP contribution in [0.1, 0.15) is 62.6 Å². The van der Waals surface area contributed by atoms with E-state index in [2.05, 4.69) is 22.3 Å². The van der Waals surface area contributed by atoms with Gasteiger partial charge in [0.15, 0.2) is 17.8 Å². The van der Waals surface area contributed by atoms with Gasteiger partial charge in [-0.15, -0.1) is 0 Å². The molecule has 2 heterocycles. The van der Waals surface area contributed by atoms with E-state index in [0.29, 0.717) is 18.5 Å². The van der Waals surface area contributed by atoms with Gasteiger partial charge in [0.2, 0.25) is 0 Å². The number of nitrogens with zero attached hydrogens (tertiary/aromatic N) is 1. The standard InChI is InChI=1S/C37H40N2O6/c1-42-34-18-30-16-17-39(22-31(30)19-35(34)43-2)23-32-20-33(27-12-10-26(24-40)11-13-27)45-37(44-32)29-14-8-25(9-15-29)21-38-36(41)28-6-4-3-5-7-28/h3-15,18-19,32-33,37,40H,16-17,20-24H2,1-2H3,(H,38,41). The number of fused-ring (bicyclic) bond motifs is 1. The van der Waals surface area contributed by atoms with Crippen molar-refractivity contribution >= 4 is 5.91 Å². The Hall–Kier alpha value is -4.21. The van der Waals surface area contributed by atoms with Gasteiger partial charge in [0, 0.05) is 43.7 Å². The van der Waals surface area contributed by atoms with Gasteiger partial charge in [-0.1, -0.05) is 66.7 Å². The van der Waals surface area contributed by atoms with E-state index in [9.17, 15) is 9.90 Å². The van der Waals surface area contributed by atoms with Crippen molar-refractivity contribution in [3.8, 4) is 11.5 Å². The fourth-order valence-corrected chi connectivity index (χ4v) is 6.08. The van der Waals surface area contributed by atoms with Gasteiger partial charge in [0.1, 0.15) is 0 Å². The quantitative estimate of drug-likeness (QED) is 0.238. The summed E-state index contributed by atoms with van der Waals surface area (Å²) in [6.45, 7) is 2.93. The molecule has 1 amide bonds. The van der Waals surface area contributed by atoms with E-state index in [1.54, 1.807) is 26.4 Å². The van der Waals surface area contributed by atoms with Gasteiger partial charge >= 0.3 is 0 Å². The summed E-state index contributed by atoms with van der Waals surface area (Å²) in [5.41, 5.74) is 7.02. The molecule has 1 saturated heterocycles. The Bertz CT molecular complexity index is 1580. The van der Waals surface area contributed by atoms with Crippen LogP contribution >= 0.6 is 0 Å². The van der Waals surface area contributed by atoms with Crippen LogP contribution in [0.3, 0.4) is 0 Å². The fraction of sp³-hybridized carbons (Fsp3) is 0.324. The minimum atomic E-state index is -0.541. The predicted molar refractivity (Wildman–Crippen MR) is 171 cm³/mol. The van der Waals surface area contributed by atoms with E-state index in [1.165, 1.54) is 11.1 Å². The number of aliphatic hydroxyl groups excluding tert-OH is 1. The molecule has 0 bridgehead atoms. The molecule has 2 aliphatic heterocycles. The average molecular weight is 609 g/mol. The number of aliphatic hydroxyl groups is 1. The highest BCUT2D eigenvalue weighted by molar-refractivity contribution is 5.94. The van der Waals surface area contributed by atoms with Crippen molar-refractivity contribution in [2.45, 2.75) is 51.0 Å². The number of carbonyl (C=O) groups excluding carboxylic acids is 1. The highest BCUT2D eigenvalue weighted by Crippen LogP contribution is 2.39. The van der Waals surface area contributed by atoms with E-state index in [4.69, 9.17) is 18.9 Å². The largest absolute Gasteiger partial charge is 0.493 e. The highest BCUT2D eigenvalue weighted by atomic mass is 16.7. The van der Waals surface area contributed by atoms with Crippen molar-refractivity contribution in [1.82, 2.24) is 10.2 Å². The maximum absolute atomic E-state index is 12.5. The number of carbonyl (C=O) groups is 1. The molecule has 1 fully saturated rings. The van der Waals surface area contributed by atoms with Crippen LogP contribution in [0.15, 0.2) is 91.0 Å². The maximum atomic E-state index is 12.5. The predicted octanol–water partition coefficient (Wildman–Crippen LogP) is 5.73. The number of benzene rings is 4. The van der Waals surface area contributed by atoms with E-state index < -0.39 is 6.29 Å². The van der Waals surface area contributed by atoms with E-state index in [1.807, 2.05) is 66.7 Å². The SMILES string of the molecule is COc1cc2c(cc1OC)CN(CC1CC(c3ccc(CO)cc3)OC(c3ccc(CNC(=O)c4ccccc4)cc3)O1)CC2. The lowest BCUT2D eigenvalue weighted by atomic mass is 9.97. The second-order valence-electron chi connectivity index (χ2n) is 11.6. The first-order valence-corrected chi connectivity index (χ1v) is 15.4. The minimum Gasteiger partial charge on any atom is -0.493 e. The average Bonchev–Trinajstić information content (AvgIpc) is 3.10. The van der Waals surface area contributed by atoms with Crippen molar-refractivity contribution in [2.24, 2.45) is 0 Å². The molecule has 3 atom stereocenters. The number of amides is 1. The summed E-state index contributed by atoms with van der Waals surface area (Å²) in [6.07, 6.45) is 0.885. The van der Waals surface area contributed by atoms with Gasteiger partial charge in [-0.3, -0.25) is 9.69 Å². The van der Waals surface area contributed by atoms with Crippen LogP contribution < -0.4 is 14.8 Å². The van der Waals surface area contributed by atoms with Gasteiger partial charge in [-0.05, 0) is 58.5 Å². The third kappa shape index (κ3) is 7.37. The molecule has 0 radical (unpaired) electrons. The van der Waals surface area contributed by atoms with E-state index in [0.717, 1.165) is 59.8 Å². The summed E-state index contributed by atoms with van der Waals surface area (Å²) in [7, 11) is 3.34. The van der Waals surface area contributed by atoms with Crippen LogP contribution in [0.25, 0.3) is 0 Å².